The van der Waals surface area contributed by atoms with Gasteiger partial charge in [-0.05, 0) is 19.1 Å². The van der Waals surface area contributed by atoms with Gasteiger partial charge in [0.05, 0.1) is 11.8 Å². The molecule has 1 N–H and O–H groups in total. The highest BCUT2D eigenvalue weighted by Gasteiger charge is 2.16. The molecule has 18 heavy (non-hydrogen) atoms. The first-order chi connectivity index (χ1) is 8.58. The molecule has 0 spiro atoms. The zero-order valence-electron chi connectivity index (χ0n) is 10.5. The molecule has 96 valence electrons. The van der Waals surface area contributed by atoms with E-state index in [-0.39, 0.29) is 0 Å². The van der Waals surface area contributed by atoms with Gasteiger partial charge in [0.1, 0.15) is 5.15 Å². The highest BCUT2D eigenvalue weighted by Crippen LogP contribution is 2.21. The van der Waals surface area contributed by atoms with Gasteiger partial charge in [-0.2, -0.15) is 5.10 Å². The van der Waals surface area contributed by atoms with Gasteiger partial charge in [0.2, 0.25) is 0 Å². The number of aliphatic hydroxyl groups is 1. The van der Waals surface area contributed by atoms with Crippen molar-refractivity contribution in [1.29, 1.82) is 0 Å². The minimum absolute atomic E-state index is 0.495. The van der Waals surface area contributed by atoms with E-state index in [4.69, 9.17) is 11.6 Å². The predicted octanol–water partition coefficient (Wildman–Crippen LogP) is 1.92. The SMILES string of the molecule is Cc1nn(C)c(Cl)c1CC(O)Cc1ccccn1. The lowest BCUT2D eigenvalue weighted by Gasteiger charge is -2.09. The van der Waals surface area contributed by atoms with Crippen LogP contribution in [0.3, 0.4) is 0 Å². The summed E-state index contributed by atoms with van der Waals surface area (Å²) in [5, 5.41) is 14.9. The first kappa shape index (κ1) is 13.1. The lowest BCUT2D eigenvalue weighted by molar-refractivity contribution is 0.174. The van der Waals surface area contributed by atoms with E-state index in [1.807, 2.05) is 25.1 Å². The van der Waals surface area contributed by atoms with Crippen LogP contribution in [0.15, 0.2) is 24.4 Å². The Bertz CT molecular complexity index is 525. The van der Waals surface area contributed by atoms with Crippen molar-refractivity contribution in [3.63, 3.8) is 0 Å². The van der Waals surface area contributed by atoms with Gasteiger partial charge in [0, 0.05) is 37.3 Å². The number of hydrogen-bond donors (Lipinski definition) is 1. The topological polar surface area (TPSA) is 50.9 Å². The van der Waals surface area contributed by atoms with Gasteiger partial charge in [0.15, 0.2) is 0 Å². The highest BCUT2D eigenvalue weighted by atomic mass is 35.5. The minimum atomic E-state index is -0.500. The van der Waals surface area contributed by atoms with E-state index >= 15 is 0 Å². The number of aryl methyl sites for hydroxylation is 2. The van der Waals surface area contributed by atoms with E-state index < -0.39 is 6.10 Å². The first-order valence-electron chi connectivity index (χ1n) is 5.84. The summed E-state index contributed by atoms with van der Waals surface area (Å²) in [7, 11) is 1.80. The van der Waals surface area contributed by atoms with Crippen LogP contribution in [0.1, 0.15) is 17.0 Å². The summed E-state index contributed by atoms with van der Waals surface area (Å²) in [5.41, 5.74) is 2.65. The lowest BCUT2D eigenvalue weighted by Crippen LogP contribution is -2.15. The molecule has 2 aromatic heterocycles. The fourth-order valence-electron chi connectivity index (χ4n) is 1.97. The van der Waals surface area contributed by atoms with E-state index in [2.05, 4.69) is 10.1 Å². The molecule has 2 rings (SSSR count). The molecule has 0 aromatic carbocycles. The summed E-state index contributed by atoms with van der Waals surface area (Å²) in [6, 6.07) is 5.68. The van der Waals surface area contributed by atoms with Crippen LogP contribution in [-0.2, 0) is 19.9 Å². The van der Waals surface area contributed by atoms with Gasteiger partial charge in [-0.1, -0.05) is 17.7 Å². The van der Waals surface area contributed by atoms with Crippen molar-refractivity contribution in [1.82, 2.24) is 14.8 Å². The summed E-state index contributed by atoms with van der Waals surface area (Å²) < 4.78 is 1.62. The monoisotopic (exact) mass is 265 g/mol. The van der Waals surface area contributed by atoms with Crippen LogP contribution in [0.5, 0.6) is 0 Å². The van der Waals surface area contributed by atoms with Crippen LogP contribution in [-0.4, -0.2) is 26.0 Å². The van der Waals surface area contributed by atoms with Crippen molar-refractivity contribution in [2.75, 3.05) is 0 Å². The van der Waals surface area contributed by atoms with Crippen LogP contribution in [0.25, 0.3) is 0 Å². The molecule has 0 aliphatic carbocycles. The number of nitrogens with zero attached hydrogens (tertiary/aromatic N) is 3. The van der Waals surface area contributed by atoms with Crippen LogP contribution < -0.4 is 0 Å². The van der Waals surface area contributed by atoms with Crippen molar-refractivity contribution in [2.45, 2.75) is 25.9 Å². The molecule has 0 amide bonds. The third kappa shape index (κ3) is 2.89. The normalized spacial score (nSPS) is 12.7. The van der Waals surface area contributed by atoms with Gasteiger partial charge >= 0.3 is 0 Å². The Morgan fingerprint density at radius 3 is 2.72 bits per heavy atom. The summed E-state index contributed by atoms with van der Waals surface area (Å²) >= 11 is 6.13. The molecule has 0 saturated carbocycles. The van der Waals surface area contributed by atoms with Gasteiger partial charge < -0.3 is 5.11 Å². The molecular formula is C13H16ClN3O. The maximum atomic E-state index is 10.1. The largest absolute Gasteiger partial charge is 0.392 e. The number of pyridine rings is 1. The van der Waals surface area contributed by atoms with E-state index in [1.54, 1.807) is 17.9 Å². The van der Waals surface area contributed by atoms with E-state index in [0.29, 0.717) is 18.0 Å². The average Bonchev–Trinajstić information content (AvgIpc) is 2.57. The molecule has 1 atom stereocenters. The Labute approximate surface area is 111 Å². The molecule has 0 aliphatic heterocycles. The summed E-state index contributed by atoms with van der Waals surface area (Å²) in [6.45, 7) is 1.90. The Balaban J connectivity index is 2.05. The van der Waals surface area contributed by atoms with Crippen molar-refractivity contribution in [3.05, 3.63) is 46.5 Å². The molecule has 5 heteroatoms. The van der Waals surface area contributed by atoms with Crippen LogP contribution >= 0.6 is 11.6 Å². The summed E-state index contributed by atoms with van der Waals surface area (Å²) in [6.07, 6.45) is 2.24. The van der Waals surface area contributed by atoms with Crippen molar-refractivity contribution >= 4 is 11.6 Å². The van der Waals surface area contributed by atoms with Gasteiger partial charge in [0.25, 0.3) is 0 Å². The van der Waals surface area contributed by atoms with Gasteiger partial charge in [-0.15, -0.1) is 0 Å². The molecule has 2 aromatic rings. The number of rotatable bonds is 4. The second-order valence-electron chi connectivity index (χ2n) is 4.36. The molecule has 2 heterocycles. The third-order valence-electron chi connectivity index (χ3n) is 2.88. The molecule has 0 saturated heterocycles. The predicted molar refractivity (Wildman–Crippen MR) is 70.6 cm³/mol. The van der Waals surface area contributed by atoms with Crippen LogP contribution in [0.4, 0.5) is 0 Å². The maximum Gasteiger partial charge on any atom is 0.130 e. The Kier molecular flexibility index (Phi) is 3.99. The number of halogens is 1. The fourth-order valence-corrected chi connectivity index (χ4v) is 2.23. The molecule has 0 aliphatic rings. The Hall–Kier alpha value is -1.39. The third-order valence-corrected chi connectivity index (χ3v) is 3.35. The number of aromatic nitrogens is 3. The quantitative estimate of drug-likeness (QED) is 0.919. The summed E-state index contributed by atoms with van der Waals surface area (Å²) in [4.78, 5) is 4.20. The minimum Gasteiger partial charge on any atom is -0.392 e. The zero-order valence-corrected chi connectivity index (χ0v) is 11.2. The molecule has 1 unspecified atom stereocenters. The zero-order chi connectivity index (χ0) is 13.1. The van der Waals surface area contributed by atoms with Gasteiger partial charge in [-0.25, -0.2) is 0 Å². The summed E-state index contributed by atoms with van der Waals surface area (Å²) in [5.74, 6) is 0. The van der Waals surface area contributed by atoms with Crippen LogP contribution in [0, 0.1) is 6.92 Å². The number of aliphatic hydroxyl groups excluding tert-OH is 1. The molecule has 0 bridgehead atoms. The Morgan fingerprint density at radius 2 is 2.17 bits per heavy atom. The smallest absolute Gasteiger partial charge is 0.130 e. The maximum absolute atomic E-state index is 10.1. The second kappa shape index (κ2) is 5.50. The van der Waals surface area contributed by atoms with E-state index in [9.17, 15) is 5.11 Å². The standard InChI is InChI=1S/C13H16ClN3O/c1-9-12(13(14)17(2)16-9)8-11(18)7-10-5-3-4-6-15-10/h3-6,11,18H,7-8H2,1-2H3. The van der Waals surface area contributed by atoms with Crippen molar-refractivity contribution < 1.29 is 5.11 Å². The molecule has 0 fully saturated rings. The van der Waals surface area contributed by atoms with Gasteiger partial charge in [-0.3, -0.25) is 9.67 Å². The fraction of sp³-hybridized carbons (Fsp3) is 0.385. The van der Waals surface area contributed by atoms with Crippen molar-refractivity contribution in [2.24, 2.45) is 7.05 Å². The van der Waals surface area contributed by atoms with E-state index in [1.165, 1.54) is 0 Å². The lowest BCUT2D eigenvalue weighted by atomic mass is 10.0. The first-order valence-corrected chi connectivity index (χ1v) is 6.21. The van der Waals surface area contributed by atoms with Crippen molar-refractivity contribution in [3.8, 4) is 0 Å². The molecule has 4 nitrogen and oxygen atoms in total. The second-order valence-corrected chi connectivity index (χ2v) is 4.72. The van der Waals surface area contributed by atoms with E-state index in [0.717, 1.165) is 17.0 Å². The Morgan fingerprint density at radius 1 is 1.39 bits per heavy atom. The van der Waals surface area contributed by atoms with Crippen LogP contribution in [0.2, 0.25) is 5.15 Å². The highest BCUT2D eigenvalue weighted by molar-refractivity contribution is 6.30. The molecule has 0 radical (unpaired) electrons. The number of hydrogen-bond acceptors (Lipinski definition) is 3. The molecular weight excluding hydrogens is 250 g/mol. The average molecular weight is 266 g/mol.